The maximum Gasteiger partial charge on any atom is 0.276 e. The van der Waals surface area contributed by atoms with Gasteiger partial charge in [-0.25, -0.2) is 9.67 Å². The number of hydrogen-bond donors (Lipinski definition) is 2. The molecule has 2 aliphatic rings. The van der Waals surface area contributed by atoms with Crippen LogP contribution in [0.1, 0.15) is 59.9 Å². The van der Waals surface area contributed by atoms with E-state index >= 15 is 0 Å². The Bertz CT molecular complexity index is 835. The summed E-state index contributed by atoms with van der Waals surface area (Å²) in [6, 6.07) is 0.327. The molecule has 0 unspecified atom stereocenters. The lowest BCUT2D eigenvalue weighted by molar-refractivity contribution is 0.0744. The molecule has 1 amide bonds. The van der Waals surface area contributed by atoms with Crippen LogP contribution >= 0.6 is 0 Å². The summed E-state index contributed by atoms with van der Waals surface area (Å²) < 4.78 is 1.80. The summed E-state index contributed by atoms with van der Waals surface area (Å²) in [5, 5.41) is 8.16. The Kier molecular flexibility index (Phi) is 3.55. The first-order chi connectivity index (χ1) is 11.6. The first-order valence-corrected chi connectivity index (χ1v) is 8.20. The van der Waals surface area contributed by atoms with Crippen LogP contribution in [0.2, 0.25) is 0 Å². The molecular weight excluding hydrogens is 310 g/mol. The lowest BCUT2D eigenvalue weighted by Gasteiger charge is -2.21. The van der Waals surface area contributed by atoms with Crippen LogP contribution in [0.3, 0.4) is 0 Å². The molecule has 0 bridgehead atoms. The Morgan fingerprint density at radius 1 is 1.25 bits per heavy atom. The van der Waals surface area contributed by atoms with Crippen LogP contribution < -0.4 is 11.3 Å². The van der Waals surface area contributed by atoms with Gasteiger partial charge >= 0.3 is 0 Å². The molecule has 24 heavy (non-hydrogen) atoms. The first kappa shape index (κ1) is 14.9. The Labute approximate surface area is 137 Å². The van der Waals surface area contributed by atoms with Gasteiger partial charge in [0.15, 0.2) is 5.69 Å². The number of nitrogens with two attached hydrogens (primary N) is 1. The second-order valence-electron chi connectivity index (χ2n) is 6.41. The highest BCUT2D eigenvalue weighted by atomic mass is 16.2. The van der Waals surface area contributed by atoms with E-state index in [2.05, 4.69) is 20.3 Å². The predicted molar refractivity (Wildman–Crippen MR) is 85.0 cm³/mol. The molecule has 0 saturated heterocycles. The number of anilines is 1. The van der Waals surface area contributed by atoms with Crippen LogP contribution in [-0.2, 0) is 13.1 Å². The number of carbonyl (C=O) groups is 1. The number of nitrogen functional groups attached to an aromatic ring is 1. The van der Waals surface area contributed by atoms with Crippen molar-refractivity contribution in [2.45, 2.75) is 51.2 Å². The van der Waals surface area contributed by atoms with Crippen molar-refractivity contribution in [3.8, 4) is 0 Å². The van der Waals surface area contributed by atoms with Crippen LogP contribution in [0.4, 0.5) is 5.95 Å². The maximum absolute atomic E-state index is 12.6. The molecule has 0 atom stereocenters. The lowest BCUT2D eigenvalue weighted by Crippen LogP contribution is -2.26. The van der Waals surface area contributed by atoms with Gasteiger partial charge in [0, 0.05) is 0 Å². The molecule has 9 nitrogen and oxygen atoms in total. The summed E-state index contributed by atoms with van der Waals surface area (Å²) in [4.78, 5) is 32.7. The van der Waals surface area contributed by atoms with Crippen molar-refractivity contribution < 1.29 is 4.79 Å². The van der Waals surface area contributed by atoms with E-state index in [1.807, 2.05) is 0 Å². The van der Waals surface area contributed by atoms with E-state index in [0.717, 1.165) is 12.8 Å². The second kappa shape index (κ2) is 5.73. The van der Waals surface area contributed by atoms with Gasteiger partial charge in [-0.1, -0.05) is 24.5 Å². The second-order valence-corrected chi connectivity index (χ2v) is 6.41. The van der Waals surface area contributed by atoms with Crippen molar-refractivity contribution in [2.75, 3.05) is 5.73 Å². The summed E-state index contributed by atoms with van der Waals surface area (Å²) in [6.07, 6.45) is 7.49. The minimum absolute atomic E-state index is 0.0660. The van der Waals surface area contributed by atoms with Gasteiger partial charge in [-0.2, -0.15) is 0 Å². The van der Waals surface area contributed by atoms with Crippen LogP contribution in [-0.4, -0.2) is 35.8 Å². The Hall–Kier alpha value is -2.71. The normalized spacial score (nSPS) is 17.9. The fraction of sp³-hybridized carbons (Fsp3) is 0.533. The third kappa shape index (κ3) is 2.55. The fourth-order valence-corrected chi connectivity index (χ4v) is 3.49. The molecule has 4 rings (SSSR count). The molecule has 2 aromatic rings. The maximum atomic E-state index is 12.6. The number of H-pyrrole nitrogens is 1. The molecule has 1 saturated carbocycles. The average molecular weight is 329 g/mol. The van der Waals surface area contributed by atoms with Gasteiger partial charge in [0.05, 0.1) is 36.6 Å². The minimum atomic E-state index is -0.293. The van der Waals surface area contributed by atoms with E-state index < -0.39 is 0 Å². The van der Waals surface area contributed by atoms with Gasteiger partial charge in [0.1, 0.15) is 0 Å². The number of fused-ring (bicyclic) bond motifs is 1. The average Bonchev–Trinajstić information content (AvgIpc) is 3.22. The lowest BCUT2D eigenvalue weighted by atomic mass is 9.96. The van der Waals surface area contributed by atoms with Gasteiger partial charge in [-0.3, -0.25) is 14.6 Å². The summed E-state index contributed by atoms with van der Waals surface area (Å²) in [6.45, 7) is 0.478. The summed E-state index contributed by atoms with van der Waals surface area (Å²) in [7, 11) is 0. The highest BCUT2D eigenvalue weighted by Crippen LogP contribution is 2.27. The standard InChI is InChI=1S/C15H19N7O2/c16-15-17-11-7-21(6-10(11)13(23)18-15)14(24)12-8-22(20-19-12)9-4-2-1-3-5-9/h8-9H,1-7H2,(H3,16,17,18,23). The highest BCUT2D eigenvalue weighted by Gasteiger charge is 2.30. The van der Waals surface area contributed by atoms with Crippen molar-refractivity contribution in [3.05, 3.63) is 33.5 Å². The minimum Gasteiger partial charge on any atom is -0.369 e. The van der Waals surface area contributed by atoms with E-state index in [9.17, 15) is 9.59 Å². The zero-order chi connectivity index (χ0) is 16.7. The van der Waals surface area contributed by atoms with Crippen molar-refractivity contribution in [1.82, 2.24) is 29.9 Å². The molecule has 1 fully saturated rings. The monoisotopic (exact) mass is 329 g/mol. The molecule has 0 radical (unpaired) electrons. The number of nitrogens with one attached hydrogen (secondary N) is 1. The molecule has 3 heterocycles. The molecule has 0 aromatic carbocycles. The molecule has 9 heteroatoms. The number of amides is 1. The molecule has 3 N–H and O–H groups in total. The van der Waals surface area contributed by atoms with E-state index in [4.69, 9.17) is 5.73 Å². The summed E-state index contributed by atoms with van der Waals surface area (Å²) >= 11 is 0. The molecule has 1 aliphatic heterocycles. The van der Waals surface area contributed by atoms with Gasteiger partial charge in [0.25, 0.3) is 11.5 Å². The van der Waals surface area contributed by atoms with E-state index in [1.54, 1.807) is 15.8 Å². The molecule has 126 valence electrons. The Morgan fingerprint density at radius 3 is 2.83 bits per heavy atom. The summed E-state index contributed by atoms with van der Waals surface area (Å²) in [5.74, 6) is -0.177. The van der Waals surface area contributed by atoms with Crippen LogP contribution in [0.5, 0.6) is 0 Å². The number of nitrogens with zero attached hydrogens (tertiary/aromatic N) is 5. The van der Waals surface area contributed by atoms with Crippen LogP contribution in [0, 0.1) is 0 Å². The largest absolute Gasteiger partial charge is 0.369 e. The smallest absolute Gasteiger partial charge is 0.276 e. The number of aromatic amines is 1. The van der Waals surface area contributed by atoms with E-state index in [0.29, 0.717) is 23.0 Å². The quantitative estimate of drug-likeness (QED) is 0.832. The van der Waals surface area contributed by atoms with Crippen LogP contribution in [0.15, 0.2) is 11.0 Å². The van der Waals surface area contributed by atoms with Crippen molar-refractivity contribution in [3.63, 3.8) is 0 Å². The highest BCUT2D eigenvalue weighted by molar-refractivity contribution is 5.92. The van der Waals surface area contributed by atoms with Gasteiger partial charge in [-0.05, 0) is 12.8 Å². The third-order valence-corrected chi connectivity index (χ3v) is 4.77. The van der Waals surface area contributed by atoms with Crippen molar-refractivity contribution in [2.24, 2.45) is 0 Å². The van der Waals surface area contributed by atoms with E-state index in [1.165, 1.54) is 19.3 Å². The first-order valence-electron chi connectivity index (χ1n) is 8.20. The molecule has 0 spiro atoms. The van der Waals surface area contributed by atoms with E-state index in [-0.39, 0.29) is 30.5 Å². The number of carbonyl (C=O) groups excluding carboxylic acids is 1. The van der Waals surface area contributed by atoms with Crippen molar-refractivity contribution in [1.29, 1.82) is 0 Å². The topological polar surface area (TPSA) is 123 Å². The fourth-order valence-electron chi connectivity index (χ4n) is 3.49. The molecular formula is C15H19N7O2. The Morgan fingerprint density at radius 2 is 2.04 bits per heavy atom. The Balaban J connectivity index is 1.52. The number of rotatable bonds is 2. The van der Waals surface area contributed by atoms with Gasteiger partial charge < -0.3 is 10.6 Å². The zero-order valence-corrected chi connectivity index (χ0v) is 13.2. The number of hydrogen-bond acceptors (Lipinski definition) is 6. The van der Waals surface area contributed by atoms with Gasteiger partial charge in [-0.15, -0.1) is 5.10 Å². The third-order valence-electron chi connectivity index (χ3n) is 4.77. The number of aromatic nitrogens is 5. The molecule has 2 aromatic heterocycles. The summed E-state index contributed by atoms with van der Waals surface area (Å²) in [5.41, 5.74) is 6.59. The zero-order valence-electron chi connectivity index (χ0n) is 13.2. The predicted octanol–water partition coefficient (Wildman–Crippen LogP) is 0.605. The van der Waals surface area contributed by atoms with Crippen molar-refractivity contribution >= 4 is 11.9 Å². The molecule has 1 aliphatic carbocycles. The van der Waals surface area contributed by atoms with Gasteiger partial charge in [0.2, 0.25) is 5.95 Å². The SMILES string of the molecule is Nc1nc2c(c(=O)[nH]1)CN(C(=O)c1cn(C3CCCCC3)nn1)C2. The van der Waals surface area contributed by atoms with Crippen LogP contribution in [0.25, 0.3) is 0 Å².